The Morgan fingerprint density at radius 2 is 2.05 bits per heavy atom. The van der Waals surface area contributed by atoms with Gasteiger partial charge in [-0.1, -0.05) is 18.2 Å². The van der Waals surface area contributed by atoms with Crippen molar-refractivity contribution >= 4 is 21.9 Å². The molecule has 21 heavy (non-hydrogen) atoms. The van der Waals surface area contributed by atoms with Crippen LogP contribution in [0.15, 0.2) is 55.0 Å². The number of H-pyrrole nitrogens is 1. The van der Waals surface area contributed by atoms with Crippen LogP contribution < -0.4 is 5.73 Å². The molecule has 0 fully saturated rings. The summed E-state index contributed by atoms with van der Waals surface area (Å²) in [7, 11) is 0. The Hall–Kier alpha value is -2.59. The van der Waals surface area contributed by atoms with Gasteiger partial charge in [-0.05, 0) is 23.8 Å². The lowest BCUT2D eigenvalue weighted by Crippen LogP contribution is -2.07. The van der Waals surface area contributed by atoms with E-state index in [0.29, 0.717) is 6.54 Å². The van der Waals surface area contributed by atoms with Crippen LogP contribution in [0.25, 0.3) is 33.1 Å². The maximum Gasteiger partial charge on any atom is 0.138 e. The molecule has 0 radical (unpaired) electrons. The smallest absolute Gasteiger partial charge is 0.138 e. The molecule has 3 N–H and O–H groups in total. The van der Waals surface area contributed by atoms with E-state index in [1.54, 1.807) is 0 Å². The van der Waals surface area contributed by atoms with Gasteiger partial charge in [0, 0.05) is 53.5 Å². The molecule has 4 rings (SSSR count). The van der Waals surface area contributed by atoms with E-state index in [-0.39, 0.29) is 0 Å². The van der Waals surface area contributed by atoms with Gasteiger partial charge in [0.15, 0.2) is 0 Å². The van der Waals surface area contributed by atoms with Crippen LogP contribution in [-0.4, -0.2) is 21.1 Å². The lowest BCUT2D eigenvalue weighted by molar-refractivity contribution is 0.714. The van der Waals surface area contributed by atoms with Crippen molar-refractivity contribution in [3.63, 3.8) is 0 Å². The zero-order chi connectivity index (χ0) is 14.2. The number of rotatable bonds is 3. The average molecular weight is 276 g/mol. The van der Waals surface area contributed by atoms with Crippen LogP contribution in [0.3, 0.4) is 0 Å². The molecule has 0 bridgehead atoms. The summed E-state index contributed by atoms with van der Waals surface area (Å²) in [6, 6.07) is 12.5. The van der Waals surface area contributed by atoms with E-state index >= 15 is 0 Å². The van der Waals surface area contributed by atoms with Crippen molar-refractivity contribution in [2.45, 2.75) is 6.54 Å². The molecule has 104 valence electrons. The Balaban J connectivity index is 1.98. The summed E-state index contributed by atoms with van der Waals surface area (Å²) in [5.41, 5.74) is 10.1. The number of nitrogens with zero attached hydrogens (tertiary/aromatic N) is 2. The van der Waals surface area contributed by atoms with Crippen LogP contribution in [0.2, 0.25) is 0 Å². The highest BCUT2D eigenvalue weighted by Crippen LogP contribution is 2.33. The van der Waals surface area contributed by atoms with Gasteiger partial charge in [-0.25, -0.2) is 4.98 Å². The predicted octanol–water partition coefficient (Wildman–Crippen LogP) is 3.14. The summed E-state index contributed by atoms with van der Waals surface area (Å²) in [6.07, 6.45) is 6.07. The minimum absolute atomic E-state index is 0.646. The topological polar surface area (TPSA) is 59.6 Å². The molecule has 4 heteroatoms. The number of hydrogen-bond acceptors (Lipinski definition) is 2. The molecule has 0 unspecified atom stereocenters. The second-order valence-electron chi connectivity index (χ2n) is 5.18. The molecule has 0 aliphatic rings. The molecule has 1 aromatic carbocycles. The SMILES string of the molecule is NCCn1ccc(-c2ccnc3[nH]c4ccccc4c23)c1. The summed E-state index contributed by atoms with van der Waals surface area (Å²) >= 11 is 0. The van der Waals surface area contributed by atoms with E-state index in [1.165, 1.54) is 21.9 Å². The van der Waals surface area contributed by atoms with Crippen molar-refractivity contribution in [1.82, 2.24) is 14.5 Å². The van der Waals surface area contributed by atoms with Crippen LogP contribution in [0.4, 0.5) is 0 Å². The number of benzene rings is 1. The minimum atomic E-state index is 0.646. The van der Waals surface area contributed by atoms with Crippen LogP contribution in [0.5, 0.6) is 0 Å². The van der Waals surface area contributed by atoms with E-state index < -0.39 is 0 Å². The van der Waals surface area contributed by atoms with Crippen LogP contribution >= 0.6 is 0 Å². The van der Waals surface area contributed by atoms with Crippen LogP contribution in [0.1, 0.15) is 0 Å². The van der Waals surface area contributed by atoms with Crippen LogP contribution in [-0.2, 0) is 6.54 Å². The highest BCUT2D eigenvalue weighted by molar-refractivity contribution is 6.12. The molecule has 4 nitrogen and oxygen atoms in total. The monoisotopic (exact) mass is 276 g/mol. The number of aromatic amines is 1. The Kier molecular flexibility index (Phi) is 2.75. The summed E-state index contributed by atoms with van der Waals surface area (Å²) in [4.78, 5) is 7.85. The van der Waals surface area contributed by atoms with Crippen molar-refractivity contribution in [2.75, 3.05) is 6.54 Å². The average Bonchev–Trinajstić information content (AvgIpc) is 3.11. The fourth-order valence-electron chi connectivity index (χ4n) is 2.90. The first-order valence-corrected chi connectivity index (χ1v) is 7.08. The normalized spacial score (nSPS) is 11.5. The zero-order valence-corrected chi connectivity index (χ0v) is 11.6. The second kappa shape index (κ2) is 4.75. The quantitative estimate of drug-likeness (QED) is 0.604. The van der Waals surface area contributed by atoms with Crippen molar-refractivity contribution in [3.05, 3.63) is 55.0 Å². The largest absolute Gasteiger partial charge is 0.352 e. The molecular weight excluding hydrogens is 260 g/mol. The van der Waals surface area contributed by atoms with Gasteiger partial charge in [0.2, 0.25) is 0 Å². The van der Waals surface area contributed by atoms with Crippen molar-refractivity contribution in [1.29, 1.82) is 0 Å². The predicted molar refractivity (Wildman–Crippen MR) is 86.1 cm³/mol. The summed E-state index contributed by atoms with van der Waals surface area (Å²) in [5, 5.41) is 2.39. The Bertz CT molecular complexity index is 917. The van der Waals surface area contributed by atoms with Gasteiger partial charge >= 0.3 is 0 Å². The highest BCUT2D eigenvalue weighted by Gasteiger charge is 2.11. The first-order valence-electron chi connectivity index (χ1n) is 7.08. The second-order valence-corrected chi connectivity index (χ2v) is 5.18. The number of hydrogen-bond donors (Lipinski definition) is 2. The summed E-state index contributed by atoms with van der Waals surface area (Å²) in [6.45, 7) is 1.48. The van der Waals surface area contributed by atoms with Gasteiger partial charge < -0.3 is 15.3 Å². The van der Waals surface area contributed by atoms with Gasteiger partial charge in [0.05, 0.1) is 0 Å². The van der Waals surface area contributed by atoms with Gasteiger partial charge in [0.1, 0.15) is 5.65 Å². The number of nitrogens with one attached hydrogen (secondary N) is 1. The molecule has 4 aromatic rings. The number of fused-ring (bicyclic) bond motifs is 3. The third kappa shape index (κ3) is 1.92. The third-order valence-electron chi connectivity index (χ3n) is 3.85. The van der Waals surface area contributed by atoms with Crippen molar-refractivity contribution in [2.24, 2.45) is 5.73 Å². The van der Waals surface area contributed by atoms with Gasteiger partial charge in [-0.15, -0.1) is 0 Å². The fourth-order valence-corrected chi connectivity index (χ4v) is 2.90. The first kappa shape index (κ1) is 12.2. The number of nitrogens with two attached hydrogens (primary N) is 1. The van der Waals surface area contributed by atoms with E-state index in [1.807, 2.05) is 12.3 Å². The van der Waals surface area contributed by atoms with Gasteiger partial charge in [-0.3, -0.25) is 0 Å². The van der Waals surface area contributed by atoms with E-state index in [0.717, 1.165) is 17.7 Å². The molecule has 3 aromatic heterocycles. The Labute approximate surface area is 122 Å². The molecule has 0 aliphatic heterocycles. The number of pyridine rings is 1. The first-order chi connectivity index (χ1) is 10.4. The fraction of sp³-hybridized carbons (Fsp3) is 0.118. The molecule has 0 spiro atoms. The highest BCUT2D eigenvalue weighted by atomic mass is 14.9. The summed E-state index contributed by atoms with van der Waals surface area (Å²) < 4.78 is 2.12. The number of aromatic nitrogens is 3. The maximum atomic E-state index is 5.62. The number of para-hydroxylation sites is 1. The molecule has 0 saturated carbocycles. The maximum absolute atomic E-state index is 5.62. The van der Waals surface area contributed by atoms with Gasteiger partial charge in [0.25, 0.3) is 0 Å². The summed E-state index contributed by atoms with van der Waals surface area (Å²) in [5.74, 6) is 0. The molecule has 0 atom stereocenters. The molecule has 3 heterocycles. The van der Waals surface area contributed by atoms with Crippen molar-refractivity contribution < 1.29 is 0 Å². The lowest BCUT2D eigenvalue weighted by atomic mass is 10.0. The molecule has 0 saturated heterocycles. The van der Waals surface area contributed by atoms with Gasteiger partial charge in [-0.2, -0.15) is 0 Å². The van der Waals surface area contributed by atoms with E-state index in [4.69, 9.17) is 5.73 Å². The van der Waals surface area contributed by atoms with Crippen molar-refractivity contribution in [3.8, 4) is 11.1 Å². The standard InChI is InChI=1S/C17H16N4/c18-7-10-21-9-6-12(11-21)13-5-8-19-17-16(13)14-3-1-2-4-15(14)20-17/h1-6,8-9,11H,7,10,18H2,(H,19,20). The van der Waals surface area contributed by atoms with Crippen LogP contribution in [0, 0.1) is 0 Å². The Morgan fingerprint density at radius 3 is 2.95 bits per heavy atom. The minimum Gasteiger partial charge on any atom is -0.352 e. The lowest BCUT2D eigenvalue weighted by Gasteiger charge is -2.02. The third-order valence-corrected chi connectivity index (χ3v) is 3.85. The molecule has 0 aliphatic carbocycles. The van der Waals surface area contributed by atoms with E-state index in [2.05, 4.69) is 57.3 Å². The van der Waals surface area contributed by atoms with E-state index in [9.17, 15) is 0 Å². The zero-order valence-electron chi connectivity index (χ0n) is 11.6. The molecular formula is C17H16N4. The molecule has 0 amide bonds. The Morgan fingerprint density at radius 1 is 1.14 bits per heavy atom.